The zero-order valence-corrected chi connectivity index (χ0v) is 11.6. The summed E-state index contributed by atoms with van der Waals surface area (Å²) < 4.78 is 38.6. The van der Waals surface area contributed by atoms with Crippen molar-refractivity contribution in [3.63, 3.8) is 0 Å². The SMILES string of the molecule is Cc1[nH]nc(-c2cccc(C(F)(F)F)c2)c1-c1ccncc1. The lowest BCUT2D eigenvalue weighted by atomic mass is 9.99. The number of nitrogens with zero attached hydrogens (tertiary/aromatic N) is 2. The van der Waals surface area contributed by atoms with Crippen molar-refractivity contribution in [2.75, 3.05) is 0 Å². The highest BCUT2D eigenvalue weighted by Crippen LogP contribution is 2.36. The molecular weight excluding hydrogens is 291 g/mol. The highest BCUT2D eigenvalue weighted by atomic mass is 19.4. The highest BCUT2D eigenvalue weighted by Gasteiger charge is 2.30. The molecule has 2 heterocycles. The molecule has 0 fully saturated rings. The average Bonchev–Trinajstić information content (AvgIpc) is 2.89. The normalized spacial score (nSPS) is 11.6. The first kappa shape index (κ1) is 14.3. The molecule has 0 radical (unpaired) electrons. The number of nitrogens with one attached hydrogen (secondary N) is 1. The number of alkyl halides is 3. The summed E-state index contributed by atoms with van der Waals surface area (Å²) in [5.74, 6) is 0. The van der Waals surface area contributed by atoms with Gasteiger partial charge in [0.05, 0.1) is 5.56 Å². The van der Waals surface area contributed by atoms with E-state index in [-0.39, 0.29) is 0 Å². The first-order chi connectivity index (χ1) is 10.5. The van der Waals surface area contributed by atoms with Crippen molar-refractivity contribution in [3.05, 3.63) is 60.0 Å². The maximum Gasteiger partial charge on any atom is 0.416 e. The van der Waals surface area contributed by atoms with Crippen molar-refractivity contribution < 1.29 is 13.2 Å². The number of pyridine rings is 1. The molecule has 1 aromatic carbocycles. The third-order valence-corrected chi connectivity index (χ3v) is 3.38. The van der Waals surface area contributed by atoms with E-state index in [0.717, 1.165) is 29.0 Å². The maximum atomic E-state index is 12.9. The summed E-state index contributed by atoms with van der Waals surface area (Å²) in [5.41, 5.74) is 2.65. The van der Waals surface area contributed by atoms with Crippen molar-refractivity contribution in [1.29, 1.82) is 0 Å². The molecule has 0 unspecified atom stereocenters. The van der Waals surface area contributed by atoms with Crippen LogP contribution in [0.3, 0.4) is 0 Å². The van der Waals surface area contributed by atoms with E-state index in [0.29, 0.717) is 11.3 Å². The van der Waals surface area contributed by atoms with Gasteiger partial charge in [0.25, 0.3) is 0 Å². The first-order valence-electron chi connectivity index (χ1n) is 6.60. The predicted molar refractivity (Wildman–Crippen MR) is 77.0 cm³/mol. The Morgan fingerprint density at radius 2 is 1.73 bits per heavy atom. The second kappa shape index (κ2) is 5.29. The molecule has 3 rings (SSSR count). The van der Waals surface area contributed by atoms with E-state index in [1.807, 2.05) is 6.92 Å². The Kier molecular flexibility index (Phi) is 3.44. The summed E-state index contributed by atoms with van der Waals surface area (Å²) >= 11 is 0. The van der Waals surface area contributed by atoms with Crippen molar-refractivity contribution in [3.8, 4) is 22.4 Å². The van der Waals surface area contributed by atoms with Crippen LogP contribution < -0.4 is 0 Å². The van der Waals surface area contributed by atoms with Gasteiger partial charge in [0.1, 0.15) is 5.69 Å². The summed E-state index contributed by atoms with van der Waals surface area (Å²) in [7, 11) is 0. The number of aromatic amines is 1. The quantitative estimate of drug-likeness (QED) is 0.759. The molecular formula is C16H12F3N3. The first-order valence-corrected chi connectivity index (χ1v) is 6.60. The van der Waals surface area contributed by atoms with Crippen molar-refractivity contribution in [1.82, 2.24) is 15.2 Å². The number of H-pyrrole nitrogens is 1. The second-order valence-corrected chi connectivity index (χ2v) is 4.89. The minimum atomic E-state index is -4.38. The highest BCUT2D eigenvalue weighted by molar-refractivity contribution is 5.82. The van der Waals surface area contributed by atoms with Crippen LogP contribution in [-0.2, 0) is 6.18 Å². The number of rotatable bonds is 2. The van der Waals surface area contributed by atoms with E-state index in [4.69, 9.17) is 0 Å². The summed E-state index contributed by atoms with van der Waals surface area (Å²) in [4.78, 5) is 3.95. The number of aromatic nitrogens is 3. The molecule has 22 heavy (non-hydrogen) atoms. The van der Waals surface area contributed by atoms with Gasteiger partial charge in [0, 0.05) is 29.2 Å². The predicted octanol–water partition coefficient (Wildman–Crippen LogP) is 4.47. The van der Waals surface area contributed by atoms with Crippen LogP contribution in [0.2, 0.25) is 0 Å². The monoisotopic (exact) mass is 303 g/mol. The molecule has 3 aromatic rings. The second-order valence-electron chi connectivity index (χ2n) is 4.89. The van der Waals surface area contributed by atoms with Crippen LogP contribution in [0.1, 0.15) is 11.3 Å². The molecule has 0 aliphatic rings. The van der Waals surface area contributed by atoms with Gasteiger partial charge in [-0.05, 0) is 36.8 Å². The van der Waals surface area contributed by atoms with Gasteiger partial charge in [-0.3, -0.25) is 10.1 Å². The van der Waals surface area contributed by atoms with Gasteiger partial charge < -0.3 is 0 Å². The van der Waals surface area contributed by atoms with Crippen LogP contribution in [0.25, 0.3) is 22.4 Å². The summed E-state index contributed by atoms with van der Waals surface area (Å²) in [6.45, 7) is 1.83. The van der Waals surface area contributed by atoms with E-state index < -0.39 is 11.7 Å². The Morgan fingerprint density at radius 3 is 2.41 bits per heavy atom. The molecule has 0 atom stereocenters. The Balaban J connectivity index is 2.15. The fourth-order valence-corrected chi connectivity index (χ4v) is 2.35. The number of hydrogen-bond acceptors (Lipinski definition) is 2. The molecule has 0 aliphatic heterocycles. The fourth-order valence-electron chi connectivity index (χ4n) is 2.35. The Bertz CT molecular complexity index is 792. The number of aryl methyl sites for hydroxylation is 1. The van der Waals surface area contributed by atoms with Gasteiger partial charge in [-0.25, -0.2) is 0 Å². The third kappa shape index (κ3) is 2.59. The smallest absolute Gasteiger partial charge is 0.282 e. The van der Waals surface area contributed by atoms with Crippen molar-refractivity contribution in [2.45, 2.75) is 13.1 Å². The molecule has 0 aliphatic carbocycles. The molecule has 3 nitrogen and oxygen atoms in total. The van der Waals surface area contributed by atoms with Gasteiger partial charge in [-0.15, -0.1) is 0 Å². The summed E-state index contributed by atoms with van der Waals surface area (Å²) in [6, 6.07) is 8.77. The summed E-state index contributed by atoms with van der Waals surface area (Å²) in [6.07, 6.45) is -1.10. The van der Waals surface area contributed by atoms with Crippen LogP contribution >= 0.6 is 0 Å². The lowest BCUT2D eigenvalue weighted by Crippen LogP contribution is -2.04. The molecule has 6 heteroatoms. The molecule has 112 valence electrons. The lowest BCUT2D eigenvalue weighted by Gasteiger charge is -2.09. The zero-order valence-electron chi connectivity index (χ0n) is 11.6. The Hall–Kier alpha value is -2.63. The standard InChI is InChI=1S/C16H12F3N3/c1-10-14(11-5-7-20-8-6-11)15(22-21-10)12-3-2-4-13(9-12)16(17,18)19/h2-9H,1H3,(H,21,22). The van der Waals surface area contributed by atoms with Crippen molar-refractivity contribution >= 4 is 0 Å². The molecule has 0 saturated carbocycles. The lowest BCUT2D eigenvalue weighted by molar-refractivity contribution is -0.137. The molecule has 1 N–H and O–H groups in total. The van der Waals surface area contributed by atoms with Crippen molar-refractivity contribution in [2.24, 2.45) is 0 Å². The molecule has 0 bridgehead atoms. The third-order valence-electron chi connectivity index (χ3n) is 3.38. The fraction of sp³-hybridized carbons (Fsp3) is 0.125. The number of hydrogen-bond donors (Lipinski definition) is 1. The van der Waals surface area contributed by atoms with Crippen LogP contribution in [0.5, 0.6) is 0 Å². The molecule has 0 amide bonds. The van der Waals surface area contributed by atoms with E-state index in [9.17, 15) is 13.2 Å². The maximum absolute atomic E-state index is 12.9. The van der Waals surface area contributed by atoms with E-state index >= 15 is 0 Å². The number of benzene rings is 1. The average molecular weight is 303 g/mol. The van der Waals surface area contributed by atoms with Gasteiger partial charge >= 0.3 is 6.18 Å². The topological polar surface area (TPSA) is 41.6 Å². The zero-order chi connectivity index (χ0) is 15.7. The van der Waals surface area contributed by atoms with Crippen LogP contribution in [0.15, 0.2) is 48.8 Å². The van der Waals surface area contributed by atoms with Gasteiger partial charge in [0.2, 0.25) is 0 Å². The minimum Gasteiger partial charge on any atom is -0.282 e. The van der Waals surface area contributed by atoms with Crippen LogP contribution in [0.4, 0.5) is 13.2 Å². The number of halogens is 3. The minimum absolute atomic E-state index is 0.422. The van der Waals surface area contributed by atoms with Crippen LogP contribution in [-0.4, -0.2) is 15.2 Å². The van der Waals surface area contributed by atoms with Crippen LogP contribution in [0, 0.1) is 6.92 Å². The van der Waals surface area contributed by atoms with E-state index in [2.05, 4.69) is 15.2 Å². The van der Waals surface area contributed by atoms with Gasteiger partial charge in [0.15, 0.2) is 0 Å². The molecule has 2 aromatic heterocycles. The molecule has 0 spiro atoms. The largest absolute Gasteiger partial charge is 0.416 e. The van der Waals surface area contributed by atoms with Gasteiger partial charge in [-0.2, -0.15) is 18.3 Å². The van der Waals surface area contributed by atoms with E-state index in [1.165, 1.54) is 6.07 Å². The molecule has 0 saturated heterocycles. The Morgan fingerprint density at radius 1 is 1.00 bits per heavy atom. The van der Waals surface area contributed by atoms with Gasteiger partial charge in [-0.1, -0.05) is 12.1 Å². The summed E-state index contributed by atoms with van der Waals surface area (Å²) in [5, 5.41) is 7.01. The van der Waals surface area contributed by atoms with E-state index in [1.54, 1.807) is 30.6 Å². The Labute approximate surface area is 124 Å².